The molecule has 0 bridgehead atoms. The average molecular weight is 564 g/mol. The zero-order valence-electron chi connectivity index (χ0n) is 24.1. The molecule has 1 saturated heterocycles. The van der Waals surface area contributed by atoms with E-state index in [9.17, 15) is 9.18 Å². The minimum absolute atomic E-state index is 0.115. The number of nitrogens with zero attached hydrogens (tertiary/aromatic N) is 3. The number of carbonyl (C=O) groups excluding carboxylic acids is 1. The van der Waals surface area contributed by atoms with Crippen LogP contribution >= 0.6 is 11.6 Å². The lowest BCUT2D eigenvalue weighted by Gasteiger charge is -2.36. The summed E-state index contributed by atoms with van der Waals surface area (Å²) in [6.45, 7) is 9.95. The third-order valence-electron chi connectivity index (χ3n) is 8.99. The third kappa shape index (κ3) is 8.64. The number of benzene rings is 1. The largest absolute Gasteiger partial charge is 0.384 e. The van der Waals surface area contributed by atoms with E-state index in [0.29, 0.717) is 17.3 Å². The molecular formula is C31H47ClFN3O3. The molecule has 0 radical (unpaired) electrons. The Labute approximate surface area is 238 Å². The fourth-order valence-electron chi connectivity index (χ4n) is 6.73. The Kier molecular flexibility index (Phi) is 11.5. The zero-order chi connectivity index (χ0) is 27.8. The smallest absolute Gasteiger partial charge is 0.180 e. The van der Waals surface area contributed by atoms with Gasteiger partial charge < -0.3 is 19.0 Å². The molecule has 8 heteroatoms. The Bertz CT molecular complexity index is 1040. The maximum atomic E-state index is 13.6. The van der Waals surface area contributed by atoms with Crippen molar-refractivity contribution >= 4 is 34.2 Å². The highest BCUT2D eigenvalue weighted by Crippen LogP contribution is 2.36. The standard InChI is InChI=1S/C22H31ClFN3O.C9H16O2/c1-2-3-16-4-6-17(7-5-16)8-9-26-10-12-27(13-11-26)22-18-14-19(23)20(24)15-21(18)28-25-22;1-7(10)3-8-4-9(5-8)6-11-2/h14-17H,2-13H2,1H3;8-9H,3-6H2,1-2H3. The van der Waals surface area contributed by atoms with Gasteiger partial charge in [-0.3, -0.25) is 4.90 Å². The summed E-state index contributed by atoms with van der Waals surface area (Å²) in [6.07, 6.45) is 13.0. The minimum Gasteiger partial charge on any atom is -0.384 e. The number of piperazine rings is 1. The van der Waals surface area contributed by atoms with Crippen LogP contribution in [0, 0.1) is 29.5 Å². The van der Waals surface area contributed by atoms with E-state index in [0.717, 1.165) is 68.2 Å². The van der Waals surface area contributed by atoms with E-state index in [1.807, 2.05) is 0 Å². The van der Waals surface area contributed by atoms with Crippen molar-refractivity contribution in [2.75, 3.05) is 51.3 Å². The molecule has 1 aliphatic heterocycles. The Morgan fingerprint density at radius 2 is 1.72 bits per heavy atom. The first-order valence-corrected chi connectivity index (χ1v) is 15.4. The molecule has 0 amide bonds. The van der Waals surface area contributed by atoms with Gasteiger partial charge in [-0.25, -0.2) is 4.39 Å². The van der Waals surface area contributed by atoms with Crippen molar-refractivity contribution in [2.45, 2.75) is 78.1 Å². The number of Topliss-reactive ketones (excluding diaryl/α,β-unsaturated/α-hetero) is 1. The minimum atomic E-state index is -0.467. The number of halogens is 2. The molecule has 2 aromatic rings. The number of ether oxygens (including phenoxy) is 1. The first-order chi connectivity index (χ1) is 18.9. The highest BCUT2D eigenvalue weighted by molar-refractivity contribution is 6.31. The zero-order valence-corrected chi connectivity index (χ0v) is 24.9. The number of aromatic nitrogens is 1. The topological polar surface area (TPSA) is 58.8 Å². The van der Waals surface area contributed by atoms with Gasteiger partial charge in [0.1, 0.15) is 11.6 Å². The summed E-state index contributed by atoms with van der Waals surface area (Å²) in [5, 5.41) is 5.09. The summed E-state index contributed by atoms with van der Waals surface area (Å²) in [7, 11) is 1.73. The average Bonchev–Trinajstić information content (AvgIpc) is 3.30. The summed E-state index contributed by atoms with van der Waals surface area (Å²) in [5.41, 5.74) is 0.456. The van der Waals surface area contributed by atoms with Gasteiger partial charge in [0, 0.05) is 52.4 Å². The van der Waals surface area contributed by atoms with E-state index in [4.69, 9.17) is 20.9 Å². The van der Waals surface area contributed by atoms with Crippen LogP contribution in [0.25, 0.3) is 11.0 Å². The summed E-state index contributed by atoms with van der Waals surface area (Å²) < 4.78 is 23.9. The summed E-state index contributed by atoms with van der Waals surface area (Å²) in [6, 6.07) is 2.94. The van der Waals surface area contributed by atoms with E-state index >= 15 is 0 Å². The lowest BCUT2D eigenvalue weighted by Crippen LogP contribution is -2.47. The Balaban J connectivity index is 0.000000270. The van der Waals surface area contributed by atoms with E-state index in [1.54, 1.807) is 20.1 Å². The van der Waals surface area contributed by atoms with Crippen LogP contribution in [0.15, 0.2) is 16.7 Å². The molecule has 1 aromatic heterocycles. The van der Waals surface area contributed by atoms with Crippen molar-refractivity contribution in [3.63, 3.8) is 0 Å². The molecule has 0 atom stereocenters. The number of fused-ring (bicyclic) bond motifs is 1. The molecule has 0 unspecified atom stereocenters. The Morgan fingerprint density at radius 3 is 2.33 bits per heavy atom. The van der Waals surface area contributed by atoms with E-state index in [-0.39, 0.29) is 5.02 Å². The van der Waals surface area contributed by atoms with Gasteiger partial charge in [0.2, 0.25) is 0 Å². The van der Waals surface area contributed by atoms with Crippen molar-refractivity contribution in [3.8, 4) is 0 Å². The predicted molar refractivity (Wildman–Crippen MR) is 156 cm³/mol. The lowest BCUT2D eigenvalue weighted by molar-refractivity contribution is -0.119. The molecule has 5 rings (SSSR count). The third-order valence-corrected chi connectivity index (χ3v) is 9.28. The fraction of sp³-hybridized carbons (Fsp3) is 0.742. The predicted octanol–water partition coefficient (Wildman–Crippen LogP) is 7.38. The van der Waals surface area contributed by atoms with Crippen LogP contribution in [0.2, 0.25) is 5.02 Å². The number of rotatable bonds is 10. The quantitative estimate of drug-likeness (QED) is 0.300. The highest BCUT2D eigenvalue weighted by atomic mass is 35.5. The van der Waals surface area contributed by atoms with Crippen molar-refractivity contribution < 1.29 is 18.4 Å². The van der Waals surface area contributed by atoms with Gasteiger partial charge in [-0.2, -0.15) is 0 Å². The number of hydrogen-bond acceptors (Lipinski definition) is 6. The molecule has 3 fully saturated rings. The number of carbonyl (C=O) groups is 1. The van der Waals surface area contributed by atoms with Crippen molar-refractivity contribution in [2.24, 2.45) is 23.7 Å². The Morgan fingerprint density at radius 1 is 1.05 bits per heavy atom. The number of methoxy groups -OCH3 is 1. The second-order valence-corrected chi connectivity index (χ2v) is 12.5. The van der Waals surface area contributed by atoms with Gasteiger partial charge >= 0.3 is 0 Å². The molecular weight excluding hydrogens is 517 g/mol. The summed E-state index contributed by atoms with van der Waals surface area (Å²) >= 11 is 5.95. The van der Waals surface area contributed by atoms with Crippen LogP contribution in [0.5, 0.6) is 0 Å². The molecule has 2 heterocycles. The first-order valence-electron chi connectivity index (χ1n) is 15.1. The normalized spacial score (nSPS) is 25.7. The fourth-order valence-corrected chi connectivity index (χ4v) is 6.90. The van der Waals surface area contributed by atoms with Crippen LogP contribution in [0.3, 0.4) is 0 Å². The summed E-state index contributed by atoms with van der Waals surface area (Å²) in [5.74, 6) is 3.94. The maximum absolute atomic E-state index is 13.6. The molecule has 1 aromatic carbocycles. The van der Waals surface area contributed by atoms with E-state index in [1.165, 1.54) is 70.4 Å². The van der Waals surface area contributed by atoms with Crippen molar-refractivity contribution in [3.05, 3.63) is 23.0 Å². The number of anilines is 1. The van der Waals surface area contributed by atoms with Gasteiger partial charge in [0.05, 0.1) is 10.4 Å². The van der Waals surface area contributed by atoms with Gasteiger partial charge in [0.25, 0.3) is 0 Å². The van der Waals surface area contributed by atoms with Crippen molar-refractivity contribution in [1.29, 1.82) is 0 Å². The molecule has 218 valence electrons. The maximum Gasteiger partial charge on any atom is 0.180 e. The van der Waals surface area contributed by atoms with Crippen molar-refractivity contribution in [1.82, 2.24) is 10.1 Å². The van der Waals surface area contributed by atoms with Crippen LogP contribution in [-0.2, 0) is 9.53 Å². The highest BCUT2D eigenvalue weighted by Gasteiger charge is 2.29. The van der Waals surface area contributed by atoms with Crippen LogP contribution in [-0.4, -0.2) is 62.3 Å². The molecule has 3 aliphatic rings. The summed E-state index contributed by atoms with van der Waals surface area (Å²) in [4.78, 5) is 15.5. The molecule has 6 nitrogen and oxygen atoms in total. The molecule has 0 N–H and O–H groups in total. The van der Waals surface area contributed by atoms with E-state index in [2.05, 4.69) is 21.9 Å². The molecule has 2 aliphatic carbocycles. The van der Waals surface area contributed by atoms with Gasteiger partial charge in [0.15, 0.2) is 11.4 Å². The van der Waals surface area contributed by atoms with Gasteiger partial charge in [-0.05, 0) is 62.5 Å². The van der Waals surface area contributed by atoms with Crippen LogP contribution in [0.4, 0.5) is 10.2 Å². The van der Waals surface area contributed by atoms with E-state index < -0.39 is 5.82 Å². The second-order valence-electron chi connectivity index (χ2n) is 12.1. The van der Waals surface area contributed by atoms with Crippen LogP contribution in [0.1, 0.15) is 78.1 Å². The van der Waals surface area contributed by atoms with Crippen LogP contribution < -0.4 is 4.90 Å². The molecule has 0 spiro atoms. The monoisotopic (exact) mass is 563 g/mol. The van der Waals surface area contributed by atoms with Gasteiger partial charge in [-0.15, -0.1) is 0 Å². The number of hydrogen-bond donors (Lipinski definition) is 0. The second kappa shape index (κ2) is 14.8. The SMILES string of the molecule is CCCC1CCC(CCN2CCN(c3noc4cc(F)c(Cl)cc34)CC2)CC1.COCC1CC(CC(C)=O)C1. The number of ketones is 1. The first kappa shape index (κ1) is 30.3. The lowest BCUT2D eigenvalue weighted by atomic mass is 9.73. The molecule has 2 saturated carbocycles. The Hall–Kier alpha value is -1.70. The molecule has 39 heavy (non-hydrogen) atoms. The van der Waals surface area contributed by atoms with Gasteiger partial charge in [-0.1, -0.05) is 62.2 Å².